The van der Waals surface area contributed by atoms with Crippen molar-refractivity contribution in [2.75, 3.05) is 25.0 Å². The van der Waals surface area contributed by atoms with Crippen LogP contribution in [0.2, 0.25) is 0 Å². The van der Waals surface area contributed by atoms with Crippen molar-refractivity contribution in [3.63, 3.8) is 0 Å². The van der Waals surface area contributed by atoms with Crippen molar-refractivity contribution in [2.24, 2.45) is 5.92 Å². The molecule has 0 unspecified atom stereocenters. The second kappa shape index (κ2) is 11.7. The van der Waals surface area contributed by atoms with Crippen LogP contribution in [-0.2, 0) is 4.79 Å². The third-order valence-electron chi connectivity index (χ3n) is 8.09. The van der Waals surface area contributed by atoms with E-state index < -0.39 is 0 Å². The highest BCUT2D eigenvalue weighted by atomic mass is 16.2. The Morgan fingerprint density at radius 3 is 2.47 bits per heavy atom. The molecule has 4 rings (SSSR count). The maximum atomic E-state index is 12.7. The number of hydrogen-bond acceptors (Lipinski definition) is 3. The van der Waals surface area contributed by atoms with Gasteiger partial charge in [-0.2, -0.15) is 0 Å². The predicted molar refractivity (Wildman–Crippen MR) is 142 cm³/mol. The lowest BCUT2D eigenvalue weighted by Crippen LogP contribution is -2.34. The summed E-state index contributed by atoms with van der Waals surface area (Å²) in [6.45, 7) is 6.96. The first-order chi connectivity index (χ1) is 16.5. The van der Waals surface area contributed by atoms with Crippen LogP contribution in [0.3, 0.4) is 0 Å². The number of likely N-dealkylation sites (tertiary alicyclic amines) is 1. The summed E-state index contributed by atoms with van der Waals surface area (Å²) < 4.78 is 0. The van der Waals surface area contributed by atoms with E-state index in [0.29, 0.717) is 0 Å². The first kappa shape index (κ1) is 24.5. The summed E-state index contributed by atoms with van der Waals surface area (Å²) in [7, 11) is 0. The van der Waals surface area contributed by atoms with Crippen LogP contribution in [0.1, 0.15) is 86.0 Å². The van der Waals surface area contributed by atoms with Crippen LogP contribution in [0, 0.1) is 25.2 Å². The Balaban J connectivity index is 1.19. The minimum Gasteiger partial charge on any atom is -0.384 e. The highest BCUT2D eigenvalue weighted by Gasteiger charge is 2.25. The van der Waals surface area contributed by atoms with E-state index in [1.54, 1.807) is 5.56 Å². The maximum Gasteiger partial charge on any atom is 0.272 e. The number of anilines is 1. The minimum absolute atomic E-state index is 0.116. The average molecular weight is 460 g/mol. The summed E-state index contributed by atoms with van der Waals surface area (Å²) in [5, 5.41) is 12.0. The number of unbranched alkanes of at least 4 members (excludes halogenated alkanes) is 1. The molecule has 1 saturated carbocycles. The average Bonchev–Trinajstić information content (AvgIpc) is 3.40. The second-order valence-corrected chi connectivity index (χ2v) is 10.3. The Morgan fingerprint density at radius 2 is 1.71 bits per heavy atom. The molecule has 4 heteroatoms. The zero-order valence-corrected chi connectivity index (χ0v) is 21.0. The monoisotopic (exact) mass is 459 g/mol. The fourth-order valence-electron chi connectivity index (χ4n) is 5.81. The zero-order valence-electron chi connectivity index (χ0n) is 21.0. The van der Waals surface area contributed by atoms with Crippen LogP contribution in [0.15, 0.2) is 42.5 Å². The third-order valence-corrected chi connectivity index (χ3v) is 8.09. The van der Waals surface area contributed by atoms with Crippen molar-refractivity contribution in [3.8, 4) is 0 Å². The van der Waals surface area contributed by atoms with Gasteiger partial charge in [0, 0.05) is 30.9 Å². The van der Waals surface area contributed by atoms with Gasteiger partial charge in [0.2, 0.25) is 0 Å². The number of para-hydroxylation sites is 1. The van der Waals surface area contributed by atoms with Gasteiger partial charge < -0.3 is 10.2 Å². The van der Waals surface area contributed by atoms with E-state index in [9.17, 15) is 4.79 Å². The molecule has 0 radical (unpaired) electrons. The van der Waals surface area contributed by atoms with E-state index in [0.717, 1.165) is 62.0 Å². The van der Waals surface area contributed by atoms with E-state index in [-0.39, 0.29) is 11.6 Å². The molecule has 0 spiro atoms. The van der Waals surface area contributed by atoms with E-state index in [4.69, 9.17) is 5.41 Å². The van der Waals surface area contributed by atoms with E-state index in [1.807, 2.05) is 29.2 Å². The molecule has 182 valence electrons. The van der Waals surface area contributed by atoms with Gasteiger partial charge in [0.1, 0.15) is 5.71 Å². The number of carbonyl (C=O) groups is 1. The summed E-state index contributed by atoms with van der Waals surface area (Å²) >= 11 is 0. The van der Waals surface area contributed by atoms with Crippen LogP contribution < -0.4 is 5.32 Å². The summed E-state index contributed by atoms with van der Waals surface area (Å²) in [5.41, 5.74) is 6.25. The van der Waals surface area contributed by atoms with E-state index in [1.165, 1.54) is 49.7 Å². The Labute approximate surface area is 205 Å². The summed E-state index contributed by atoms with van der Waals surface area (Å²) in [6.07, 6.45) is 11.1. The van der Waals surface area contributed by atoms with Gasteiger partial charge in [-0.05, 0) is 93.4 Å². The molecular weight excluding hydrogens is 418 g/mol. The number of hydrogen-bond donors (Lipinski definition) is 2. The quantitative estimate of drug-likeness (QED) is 0.318. The van der Waals surface area contributed by atoms with E-state index in [2.05, 4.69) is 37.4 Å². The number of benzene rings is 2. The Hall–Kier alpha value is -2.62. The van der Waals surface area contributed by atoms with Gasteiger partial charge in [-0.1, -0.05) is 49.2 Å². The van der Waals surface area contributed by atoms with Gasteiger partial charge in [0.15, 0.2) is 0 Å². The Bertz CT molecular complexity index is 984. The van der Waals surface area contributed by atoms with Crippen LogP contribution in [0.4, 0.5) is 5.69 Å². The van der Waals surface area contributed by atoms with E-state index >= 15 is 0 Å². The van der Waals surface area contributed by atoms with Gasteiger partial charge in [0.25, 0.3) is 5.91 Å². The standard InChI is InChI=1S/C30H41N3O/c1-22-10-9-13-26(23(22)2)25-17-15-24(16-18-25)11-5-6-19-32-28-14-4-3-12-27(28)29(31)30(34)33-20-7-8-21-33/h3-4,9-10,12-14,24-25,31-32H,5-8,11,15-21H2,1-2H3. The maximum absolute atomic E-state index is 12.7. The SMILES string of the molecule is Cc1cccc(C2CCC(CCCCNc3ccccc3C(=N)C(=O)N3CCCC3)CC2)c1C. The minimum atomic E-state index is -0.136. The van der Waals surface area contributed by atoms with Gasteiger partial charge in [-0.15, -0.1) is 0 Å². The molecule has 0 atom stereocenters. The molecule has 2 aromatic carbocycles. The number of amides is 1. The molecule has 2 N–H and O–H groups in total. The molecule has 1 amide bonds. The molecule has 2 aliphatic rings. The van der Waals surface area contributed by atoms with Gasteiger partial charge >= 0.3 is 0 Å². The summed E-state index contributed by atoms with van der Waals surface area (Å²) in [5.74, 6) is 1.47. The van der Waals surface area contributed by atoms with Crippen molar-refractivity contribution in [2.45, 2.75) is 77.6 Å². The topological polar surface area (TPSA) is 56.2 Å². The fraction of sp³-hybridized carbons (Fsp3) is 0.533. The highest BCUT2D eigenvalue weighted by Crippen LogP contribution is 2.39. The number of rotatable bonds is 9. The second-order valence-electron chi connectivity index (χ2n) is 10.3. The molecule has 1 aliphatic carbocycles. The molecule has 4 nitrogen and oxygen atoms in total. The first-order valence-electron chi connectivity index (χ1n) is 13.3. The smallest absolute Gasteiger partial charge is 0.272 e. The van der Waals surface area contributed by atoms with Gasteiger partial charge in [0.05, 0.1) is 0 Å². The highest BCUT2D eigenvalue weighted by molar-refractivity contribution is 6.45. The van der Waals surface area contributed by atoms with Crippen molar-refractivity contribution < 1.29 is 4.79 Å². The summed E-state index contributed by atoms with van der Waals surface area (Å²) in [6, 6.07) is 14.6. The van der Waals surface area contributed by atoms with Crippen LogP contribution in [0.5, 0.6) is 0 Å². The Kier molecular flexibility index (Phi) is 8.42. The molecule has 0 aromatic heterocycles. The predicted octanol–water partition coefficient (Wildman–Crippen LogP) is 6.85. The first-order valence-corrected chi connectivity index (χ1v) is 13.3. The molecule has 1 heterocycles. The van der Waals surface area contributed by atoms with Crippen molar-refractivity contribution in [3.05, 3.63) is 64.7 Å². The molecule has 0 bridgehead atoms. The molecular formula is C30H41N3O. The number of nitrogens with one attached hydrogen (secondary N) is 2. The normalized spacial score (nSPS) is 20.4. The van der Waals surface area contributed by atoms with Crippen molar-refractivity contribution in [1.29, 1.82) is 5.41 Å². The van der Waals surface area contributed by atoms with Crippen molar-refractivity contribution in [1.82, 2.24) is 4.90 Å². The number of nitrogens with zero attached hydrogens (tertiary/aromatic N) is 1. The lowest BCUT2D eigenvalue weighted by Gasteiger charge is -2.30. The van der Waals surface area contributed by atoms with Crippen molar-refractivity contribution >= 4 is 17.3 Å². The number of aryl methyl sites for hydroxylation is 1. The van der Waals surface area contributed by atoms with Crippen LogP contribution in [0.25, 0.3) is 0 Å². The van der Waals surface area contributed by atoms with Gasteiger partial charge in [-0.25, -0.2) is 0 Å². The van der Waals surface area contributed by atoms with Gasteiger partial charge in [-0.3, -0.25) is 10.2 Å². The zero-order chi connectivity index (χ0) is 23.9. The molecule has 34 heavy (non-hydrogen) atoms. The summed E-state index contributed by atoms with van der Waals surface area (Å²) in [4.78, 5) is 14.5. The Morgan fingerprint density at radius 1 is 0.971 bits per heavy atom. The van der Waals surface area contributed by atoms with Crippen LogP contribution in [-0.4, -0.2) is 36.2 Å². The fourth-order valence-corrected chi connectivity index (χ4v) is 5.81. The van der Waals surface area contributed by atoms with Crippen LogP contribution >= 0.6 is 0 Å². The molecule has 2 aromatic rings. The lowest BCUT2D eigenvalue weighted by molar-refractivity contribution is -0.123. The largest absolute Gasteiger partial charge is 0.384 e. The number of carbonyl (C=O) groups excluding carboxylic acids is 1. The molecule has 1 aliphatic heterocycles. The third kappa shape index (κ3) is 5.89. The molecule has 2 fully saturated rings. The molecule has 1 saturated heterocycles. The lowest BCUT2D eigenvalue weighted by atomic mass is 9.76.